The predicted octanol–water partition coefficient (Wildman–Crippen LogP) is 3.67. The van der Waals surface area contributed by atoms with Crippen LogP contribution in [0.1, 0.15) is 21.5 Å². The number of ether oxygens (including phenoxy) is 1. The van der Waals surface area contributed by atoms with Crippen LogP contribution in [0.3, 0.4) is 0 Å². The van der Waals surface area contributed by atoms with Gasteiger partial charge >= 0.3 is 5.97 Å². The molecule has 0 saturated heterocycles. The van der Waals surface area contributed by atoms with Gasteiger partial charge in [0, 0.05) is 25.0 Å². The molecular weight excluding hydrogens is 352 g/mol. The number of carbonyl (C=O) groups is 2. The van der Waals surface area contributed by atoms with Gasteiger partial charge < -0.3 is 10.1 Å². The Morgan fingerprint density at radius 3 is 2.64 bits per heavy atom. The van der Waals surface area contributed by atoms with Crippen molar-refractivity contribution in [3.63, 3.8) is 0 Å². The van der Waals surface area contributed by atoms with Gasteiger partial charge in [-0.05, 0) is 54.0 Å². The minimum Gasteiger partial charge on any atom is -0.423 e. The summed E-state index contributed by atoms with van der Waals surface area (Å²) in [6.45, 7) is 0.478. The minimum atomic E-state index is -0.397. The summed E-state index contributed by atoms with van der Waals surface area (Å²) in [6, 6.07) is 19.8. The number of hydrogen-bond acceptors (Lipinski definition) is 4. The summed E-state index contributed by atoms with van der Waals surface area (Å²) < 4.78 is 5.41. The third kappa shape index (κ3) is 5.92. The molecule has 1 amide bonds. The van der Waals surface area contributed by atoms with Crippen molar-refractivity contribution in [2.45, 2.75) is 6.42 Å². The number of pyridine rings is 1. The summed E-state index contributed by atoms with van der Waals surface area (Å²) in [7, 11) is 0. The lowest BCUT2D eigenvalue weighted by molar-refractivity contribution is -0.116. The van der Waals surface area contributed by atoms with E-state index in [-0.39, 0.29) is 5.91 Å². The predicted molar refractivity (Wildman–Crippen MR) is 108 cm³/mol. The van der Waals surface area contributed by atoms with E-state index < -0.39 is 5.97 Å². The maximum absolute atomic E-state index is 12.1. The second-order valence-electron chi connectivity index (χ2n) is 6.06. The molecule has 3 aromatic rings. The molecular formula is C23H20N2O3. The van der Waals surface area contributed by atoms with E-state index in [9.17, 15) is 9.59 Å². The van der Waals surface area contributed by atoms with Gasteiger partial charge in [-0.1, -0.05) is 36.4 Å². The van der Waals surface area contributed by atoms with Gasteiger partial charge in [0.25, 0.3) is 0 Å². The van der Waals surface area contributed by atoms with Crippen molar-refractivity contribution in [2.24, 2.45) is 0 Å². The monoisotopic (exact) mass is 372 g/mol. The number of amides is 1. The third-order valence-electron chi connectivity index (χ3n) is 3.94. The molecule has 3 rings (SSSR count). The highest BCUT2D eigenvalue weighted by Gasteiger charge is 2.08. The molecule has 1 aromatic heterocycles. The van der Waals surface area contributed by atoms with Gasteiger partial charge in [-0.15, -0.1) is 0 Å². The molecule has 0 saturated carbocycles. The standard InChI is InChI=1S/C23H20N2O3/c26-22(12-11-19-7-5-14-24-17-19)25-15-13-18-6-4-10-21(16-18)28-23(27)20-8-2-1-3-9-20/h1-12,14,16-17H,13,15H2,(H,25,26)/b12-11+. The first-order chi connectivity index (χ1) is 13.7. The van der Waals surface area contributed by atoms with Crippen LogP contribution in [0, 0.1) is 0 Å². The lowest BCUT2D eigenvalue weighted by Crippen LogP contribution is -2.23. The zero-order valence-corrected chi connectivity index (χ0v) is 15.2. The molecule has 5 heteroatoms. The zero-order chi connectivity index (χ0) is 19.6. The van der Waals surface area contributed by atoms with Crippen molar-refractivity contribution < 1.29 is 14.3 Å². The summed E-state index contributed by atoms with van der Waals surface area (Å²) in [6.07, 6.45) is 7.19. The van der Waals surface area contributed by atoms with E-state index in [1.54, 1.807) is 54.9 Å². The van der Waals surface area contributed by atoms with Gasteiger partial charge in [0.1, 0.15) is 5.75 Å². The smallest absolute Gasteiger partial charge is 0.343 e. The number of esters is 1. The molecule has 0 fully saturated rings. The highest BCUT2D eigenvalue weighted by molar-refractivity contribution is 5.91. The molecule has 2 aromatic carbocycles. The molecule has 0 atom stereocenters. The molecule has 0 radical (unpaired) electrons. The van der Waals surface area contributed by atoms with Crippen LogP contribution in [0.4, 0.5) is 0 Å². The Labute approximate surface area is 163 Å². The Morgan fingerprint density at radius 2 is 1.86 bits per heavy atom. The molecule has 28 heavy (non-hydrogen) atoms. The average Bonchev–Trinajstić information content (AvgIpc) is 2.74. The molecule has 5 nitrogen and oxygen atoms in total. The van der Waals surface area contributed by atoms with E-state index in [1.165, 1.54) is 6.08 Å². The zero-order valence-electron chi connectivity index (χ0n) is 15.2. The molecule has 0 aliphatic heterocycles. The van der Waals surface area contributed by atoms with E-state index in [0.29, 0.717) is 24.3 Å². The lowest BCUT2D eigenvalue weighted by atomic mass is 10.1. The van der Waals surface area contributed by atoms with Gasteiger partial charge in [0.15, 0.2) is 0 Å². The first-order valence-electron chi connectivity index (χ1n) is 8.93. The molecule has 0 aliphatic rings. The van der Waals surface area contributed by atoms with E-state index in [2.05, 4.69) is 10.3 Å². The van der Waals surface area contributed by atoms with Crippen molar-refractivity contribution in [2.75, 3.05) is 6.54 Å². The van der Waals surface area contributed by atoms with E-state index in [1.807, 2.05) is 30.3 Å². The Bertz CT molecular complexity index is 954. The van der Waals surface area contributed by atoms with Crippen LogP contribution < -0.4 is 10.1 Å². The Hall–Kier alpha value is -3.73. The SMILES string of the molecule is O=C(/C=C/c1cccnc1)NCCc1cccc(OC(=O)c2ccccc2)c1. The van der Waals surface area contributed by atoms with Gasteiger partial charge in [0.05, 0.1) is 5.56 Å². The number of nitrogens with zero attached hydrogens (tertiary/aromatic N) is 1. The number of aromatic nitrogens is 1. The van der Waals surface area contributed by atoms with Crippen LogP contribution in [0.5, 0.6) is 5.75 Å². The molecule has 1 heterocycles. The molecule has 0 bridgehead atoms. The van der Waals surface area contributed by atoms with Crippen LogP contribution in [-0.4, -0.2) is 23.4 Å². The maximum atomic E-state index is 12.1. The van der Waals surface area contributed by atoms with Gasteiger partial charge in [-0.3, -0.25) is 9.78 Å². The van der Waals surface area contributed by atoms with Crippen molar-refractivity contribution in [3.05, 3.63) is 102 Å². The summed E-state index contributed by atoms with van der Waals surface area (Å²) in [4.78, 5) is 28.0. The fraction of sp³-hybridized carbons (Fsp3) is 0.0870. The minimum absolute atomic E-state index is 0.171. The topological polar surface area (TPSA) is 68.3 Å². The van der Waals surface area contributed by atoms with Crippen LogP contribution in [0.2, 0.25) is 0 Å². The molecule has 0 unspecified atom stereocenters. The number of benzene rings is 2. The maximum Gasteiger partial charge on any atom is 0.343 e. The first-order valence-corrected chi connectivity index (χ1v) is 8.93. The highest BCUT2D eigenvalue weighted by Crippen LogP contribution is 2.15. The molecule has 140 valence electrons. The number of rotatable bonds is 7. The second kappa shape index (κ2) is 9.83. The molecule has 0 spiro atoms. The van der Waals surface area contributed by atoms with E-state index in [4.69, 9.17) is 4.74 Å². The third-order valence-corrected chi connectivity index (χ3v) is 3.94. The fourth-order valence-corrected chi connectivity index (χ4v) is 2.54. The van der Waals surface area contributed by atoms with Crippen LogP contribution >= 0.6 is 0 Å². The van der Waals surface area contributed by atoms with Gasteiger partial charge in [0.2, 0.25) is 5.91 Å². The quantitative estimate of drug-likeness (QED) is 0.390. The first kappa shape index (κ1) is 19.0. The highest BCUT2D eigenvalue weighted by atomic mass is 16.5. The fourth-order valence-electron chi connectivity index (χ4n) is 2.54. The summed E-state index contributed by atoms with van der Waals surface area (Å²) >= 11 is 0. The number of carbonyl (C=O) groups excluding carboxylic acids is 2. The summed E-state index contributed by atoms with van der Waals surface area (Å²) in [5.74, 6) is -0.0868. The van der Waals surface area contributed by atoms with Crippen molar-refractivity contribution in [1.29, 1.82) is 0 Å². The van der Waals surface area contributed by atoms with Crippen LogP contribution in [-0.2, 0) is 11.2 Å². The summed E-state index contributed by atoms with van der Waals surface area (Å²) in [5.41, 5.74) is 2.33. The number of hydrogen-bond donors (Lipinski definition) is 1. The molecule has 0 aliphatic carbocycles. The van der Waals surface area contributed by atoms with Gasteiger partial charge in [-0.2, -0.15) is 0 Å². The lowest BCUT2D eigenvalue weighted by Gasteiger charge is -2.07. The average molecular weight is 372 g/mol. The van der Waals surface area contributed by atoms with Gasteiger partial charge in [-0.25, -0.2) is 4.79 Å². The van der Waals surface area contributed by atoms with Crippen molar-refractivity contribution in [3.8, 4) is 5.75 Å². The number of nitrogens with one attached hydrogen (secondary N) is 1. The Balaban J connectivity index is 1.49. The van der Waals surface area contributed by atoms with Crippen LogP contribution in [0.25, 0.3) is 6.08 Å². The normalized spacial score (nSPS) is 10.6. The van der Waals surface area contributed by atoms with Crippen molar-refractivity contribution in [1.82, 2.24) is 10.3 Å². The Kier molecular flexibility index (Phi) is 6.68. The summed E-state index contributed by atoms with van der Waals surface area (Å²) in [5, 5.41) is 2.83. The molecule has 1 N–H and O–H groups in total. The second-order valence-corrected chi connectivity index (χ2v) is 6.06. The Morgan fingerprint density at radius 1 is 1.00 bits per heavy atom. The van der Waals surface area contributed by atoms with Crippen molar-refractivity contribution >= 4 is 18.0 Å². The largest absolute Gasteiger partial charge is 0.423 e. The van der Waals surface area contributed by atoms with E-state index >= 15 is 0 Å². The van der Waals surface area contributed by atoms with Crippen LogP contribution in [0.15, 0.2) is 85.2 Å². The van der Waals surface area contributed by atoms with E-state index in [0.717, 1.165) is 11.1 Å².